The molecule has 17 heavy (non-hydrogen) atoms. The summed E-state index contributed by atoms with van der Waals surface area (Å²) in [7, 11) is -3.27. The van der Waals surface area contributed by atoms with Crippen LogP contribution >= 0.6 is 0 Å². The van der Waals surface area contributed by atoms with E-state index < -0.39 is 15.8 Å². The summed E-state index contributed by atoms with van der Waals surface area (Å²) >= 11 is 0. The molecule has 0 spiro atoms. The number of hydrogen-bond acceptors (Lipinski definition) is 5. The average Bonchev–Trinajstić information content (AvgIpc) is 2.66. The van der Waals surface area contributed by atoms with Crippen LogP contribution in [0.15, 0.2) is 17.3 Å². The predicted molar refractivity (Wildman–Crippen MR) is 61.2 cm³/mol. The highest BCUT2D eigenvalue weighted by atomic mass is 32.2. The molecule has 7 heteroatoms. The van der Waals surface area contributed by atoms with Gasteiger partial charge in [-0.3, -0.25) is 9.48 Å². The summed E-state index contributed by atoms with van der Waals surface area (Å²) in [6.07, 6.45) is 5.39. The van der Waals surface area contributed by atoms with Gasteiger partial charge in [0.05, 0.1) is 12.8 Å². The van der Waals surface area contributed by atoms with E-state index in [1.165, 1.54) is 17.1 Å². The first-order valence-electron chi connectivity index (χ1n) is 5.31. The van der Waals surface area contributed by atoms with Gasteiger partial charge in [-0.1, -0.05) is 13.3 Å². The highest BCUT2D eigenvalue weighted by Gasteiger charge is 2.11. The molecule has 0 radical (unpaired) electrons. The number of carbonyl (C=O) groups is 1. The normalized spacial score (nSPS) is 11.4. The zero-order valence-electron chi connectivity index (χ0n) is 9.92. The third kappa shape index (κ3) is 4.56. The minimum Gasteiger partial charge on any atom is -0.464 e. The molecule has 0 aromatic carbocycles. The quantitative estimate of drug-likeness (QED) is 0.553. The van der Waals surface area contributed by atoms with Crippen LogP contribution in [-0.2, 0) is 25.9 Å². The molecule has 0 saturated carbocycles. The topological polar surface area (TPSA) is 78.3 Å². The van der Waals surface area contributed by atoms with Gasteiger partial charge in [-0.2, -0.15) is 5.10 Å². The Kier molecular flexibility index (Phi) is 4.68. The monoisotopic (exact) mass is 260 g/mol. The fourth-order valence-corrected chi connectivity index (χ4v) is 1.68. The van der Waals surface area contributed by atoms with Crippen LogP contribution in [0.4, 0.5) is 0 Å². The van der Waals surface area contributed by atoms with Crippen molar-refractivity contribution >= 4 is 15.8 Å². The number of rotatable bonds is 6. The van der Waals surface area contributed by atoms with Crippen LogP contribution in [0.25, 0.3) is 0 Å². The lowest BCUT2D eigenvalue weighted by molar-refractivity contribution is -0.144. The molecule has 0 unspecified atom stereocenters. The molecule has 96 valence electrons. The van der Waals surface area contributed by atoms with Crippen LogP contribution in [-0.4, -0.2) is 37.0 Å². The van der Waals surface area contributed by atoms with Crippen molar-refractivity contribution in [2.45, 2.75) is 31.2 Å². The van der Waals surface area contributed by atoms with E-state index in [1.54, 1.807) is 0 Å². The summed E-state index contributed by atoms with van der Waals surface area (Å²) in [4.78, 5) is 11.4. The van der Waals surface area contributed by atoms with Crippen molar-refractivity contribution in [2.75, 3.05) is 12.9 Å². The third-order valence-corrected chi connectivity index (χ3v) is 3.16. The lowest BCUT2D eigenvalue weighted by Crippen LogP contribution is -2.14. The molecule has 0 amide bonds. The molecule has 1 rings (SSSR count). The average molecular weight is 260 g/mol. The van der Waals surface area contributed by atoms with Crippen LogP contribution < -0.4 is 0 Å². The lowest BCUT2D eigenvalue weighted by atomic mass is 10.4. The molecule has 1 heterocycles. The molecular weight excluding hydrogens is 244 g/mol. The van der Waals surface area contributed by atoms with Crippen molar-refractivity contribution in [1.29, 1.82) is 0 Å². The van der Waals surface area contributed by atoms with Gasteiger partial charge in [0.25, 0.3) is 0 Å². The zero-order valence-corrected chi connectivity index (χ0v) is 10.7. The van der Waals surface area contributed by atoms with Crippen molar-refractivity contribution in [1.82, 2.24) is 9.78 Å². The van der Waals surface area contributed by atoms with E-state index in [0.29, 0.717) is 6.61 Å². The summed E-state index contributed by atoms with van der Waals surface area (Å²) in [5, 5.41) is 3.79. The number of carbonyl (C=O) groups excluding carboxylic acids is 1. The minimum absolute atomic E-state index is 0.0702. The number of ether oxygens (including phenoxy) is 1. The Morgan fingerprint density at radius 3 is 2.76 bits per heavy atom. The molecule has 0 aliphatic heterocycles. The van der Waals surface area contributed by atoms with Gasteiger partial charge in [-0.25, -0.2) is 8.42 Å². The summed E-state index contributed by atoms with van der Waals surface area (Å²) in [5.74, 6) is -0.415. The fourth-order valence-electron chi connectivity index (χ4n) is 1.13. The molecule has 0 N–H and O–H groups in total. The van der Waals surface area contributed by atoms with Crippen LogP contribution in [0.3, 0.4) is 0 Å². The van der Waals surface area contributed by atoms with Crippen LogP contribution in [0.2, 0.25) is 0 Å². The Bertz CT molecular complexity index is 478. The first-order chi connectivity index (χ1) is 7.93. The molecule has 1 aromatic heterocycles. The second-order valence-corrected chi connectivity index (χ2v) is 5.74. The number of esters is 1. The number of hydrogen-bond donors (Lipinski definition) is 0. The first kappa shape index (κ1) is 13.7. The molecule has 0 aliphatic carbocycles. The van der Waals surface area contributed by atoms with E-state index in [0.717, 1.165) is 19.1 Å². The van der Waals surface area contributed by atoms with E-state index >= 15 is 0 Å². The van der Waals surface area contributed by atoms with Gasteiger partial charge in [0.2, 0.25) is 0 Å². The second kappa shape index (κ2) is 5.81. The van der Waals surface area contributed by atoms with E-state index in [9.17, 15) is 13.2 Å². The Balaban J connectivity index is 2.52. The van der Waals surface area contributed by atoms with Crippen molar-refractivity contribution in [3.63, 3.8) is 0 Å². The number of sulfone groups is 1. The van der Waals surface area contributed by atoms with Gasteiger partial charge < -0.3 is 4.74 Å². The highest BCUT2D eigenvalue weighted by Crippen LogP contribution is 2.06. The summed E-state index contributed by atoms with van der Waals surface area (Å²) in [6.45, 7) is 2.31. The standard InChI is InChI=1S/C10H16N2O4S/c1-3-4-5-16-10(13)8-12-7-9(6-11-12)17(2,14)15/h6-7H,3-5,8H2,1-2H3. The largest absolute Gasteiger partial charge is 0.464 e. The highest BCUT2D eigenvalue weighted by molar-refractivity contribution is 7.90. The fraction of sp³-hybridized carbons (Fsp3) is 0.600. The maximum Gasteiger partial charge on any atom is 0.327 e. The summed E-state index contributed by atoms with van der Waals surface area (Å²) in [6, 6.07) is 0. The SMILES string of the molecule is CCCCOC(=O)Cn1cc(S(C)(=O)=O)cn1. The summed E-state index contributed by atoms with van der Waals surface area (Å²) < 4.78 is 28.5. The van der Waals surface area contributed by atoms with Crippen molar-refractivity contribution in [2.24, 2.45) is 0 Å². The second-order valence-electron chi connectivity index (χ2n) is 3.72. The molecule has 0 fully saturated rings. The van der Waals surface area contributed by atoms with Gasteiger partial charge in [0, 0.05) is 12.5 Å². The van der Waals surface area contributed by atoms with Crippen LogP contribution in [0.1, 0.15) is 19.8 Å². The summed E-state index contributed by atoms with van der Waals surface area (Å²) in [5.41, 5.74) is 0. The molecule has 0 bridgehead atoms. The maximum absolute atomic E-state index is 11.3. The van der Waals surface area contributed by atoms with Gasteiger partial charge >= 0.3 is 5.97 Å². The van der Waals surface area contributed by atoms with Crippen molar-refractivity contribution < 1.29 is 17.9 Å². The predicted octanol–water partition coefficient (Wildman–Crippen LogP) is 0.630. The van der Waals surface area contributed by atoms with Gasteiger partial charge in [-0.05, 0) is 6.42 Å². The number of aromatic nitrogens is 2. The van der Waals surface area contributed by atoms with Crippen LogP contribution in [0, 0.1) is 0 Å². The van der Waals surface area contributed by atoms with E-state index in [2.05, 4.69) is 5.10 Å². The zero-order chi connectivity index (χ0) is 12.9. The van der Waals surface area contributed by atoms with E-state index in [4.69, 9.17) is 4.74 Å². The molecule has 0 saturated heterocycles. The first-order valence-corrected chi connectivity index (χ1v) is 7.20. The molecule has 0 aliphatic rings. The molecular formula is C10H16N2O4S. The molecule has 1 aromatic rings. The van der Waals surface area contributed by atoms with Gasteiger partial charge in [0.15, 0.2) is 9.84 Å². The Morgan fingerprint density at radius 1 is 1.53 bits per heavy atom. The smallest absolute Gasteiger partial charge is 0.327 e. The number of nitrogens with zero attached hydrogens (tertiary/aromatic N) is 2. The maximum atomic E-state index is 11.3. The lowest BCUT2D eigenvalue weighted by Gasteiger charge is -2.03. The minimum atomic E-state index is -3.27. The number of unbranched alkanes of at least 4 members (excludes halogenated alkanes) is 1. The van der Waals surface area contributed by atoms with E-state index in [-0.39, 0.29) is 11.4 Å². The van der Waals surface area contributed by atoms with Crippen molar-refractivity contribution in [3.8, 4) is 0 Å². The Labute approximate surface area is 100 Å². The molecule has 0 atom stereocenters. The van der Waals surface area contributed by atoms with Gasteiger partial charge in [0.1, 0.15) is 11.4 Å². The third-order valence-electron chi connectivity index (χ3n) is 2.09. The molecule has 6 nitrogen and oxygen atoms in total. The van der Waals surface area contributed by atoms with E-state index in [1.807, 2.05) is 6.92 Å². The Morgan fingerprint density at radius 2 is 2.24 bits per heavy atom. The van der Waals surface area contributed by atoms with Crippen molar-refractivity contribution in [3.05, 3.63) is 12.4 Å². The van der Waals surface area contributed by atoms with Gasteiger partial charge in [-0.15, -0.1) is 0 Å². The van der Waals surface area contributed by atoms with Crippen LogP contribution in [0.5, 0.6) is 0 Å². The Hall–Kier alpha value is -1.37.